The number of rotatable bonds is 2. The Hall–Kier alpha value is -0.330. The van der Waals surface area contributed by atoms with Crippen LogP contribution in [-0.4, -0.2) is 5.78 Å². The molecule has 0 aromatic carbocycles. The summed E-state index contributed by atoms with van der Waals surface area (Å²) in [6.45, 7) is 3.78. The van der Waals surface area contributed by atoms with Crippen LogP contribution in [-0.2, 0) is 4.79 Å². The van der Waals surface area contributed by atoms with Gasteiger partial charge in [0.25, 0.3) is 0 Å². The summed E-state index contributed by atoms with van der Waals surface area (Å²) in [7, 11) is 0. The molecule has 1 aliphatic rings. The van der Waals surface area contributed by atoms with Crippen LogP contribution in [0.4, 0.5) is 0 Å². The lowest BCUT2D eigenvalue weighted by atomic mass is 9.90. The zero-order valence-corrected chi connectivity index (χ0v) is 6.89. The van der Waals surface area contributed by atoms with Crippen LogP contribution in [0.15, 0.2) is 0 Å². The fourth-order valence-corrected chi connectivity index (χ4v) is 1.79. The first-order valence-electron chi connectivity index (χ1n) is 4.22. The predicted molar refractivity (Wildman–Crippen MR) is 41.8 cm³/mol. The van der Waals surface area contributed by atoms with E-state index < -0.39 is 0 Å². The molecule has 0 radical (unpaired) electrons. The van der Waals surface area contributed by atoms with Gasteiger partial charge in [0.1, 0.15) is 5.78 Å². The van der Waals surface area contributed by atoms with E-state index >= 15 is 0 Å². The normalized spacial score (nSPS) is 23.0. The second-order valence-electron chi connectivity index (χ2n) is 3.44. The van der Waals surface area contributed by atoms with Gasteiger partial charge in [-0.3, -0.25) is 4.79 Å². The van der Waals surface area contributed by atoms with Crippen LogP contribution >= 0.6 is 0 Å². The highest BCUT2D eigenvalue weighted by molar-refractivity contribution is 5.78. The van der Waals surface area contributed by atoms with Crippen LogP contribution < -0.4 is 0 Å². The molecule has 0 aromatic rings. The summed E-state index contributed by atoms with van der Waals surface area (Å²) in [4.78, 5) is 10.9. The summed E-state index contributed by atoms with van der Waals surface area (Å²) in [6, 6.07) is 0. The fraction of sp³-hybridized carbons (Fsp3) is 0.889. The highest BCUT2D eigenvalue weighted by atomic mass is 16.1. The lowest BCUT2D eigenvalue weighted by Gasteiger charge is -2.14. The van der Waals surface area contributed by atoms with Crippen molar-refractivity contribution < 1.29 is 4.79 Å². The quantitative estimate of drug-likeness (QED) is 0.575. The molecule has 1 aliphatic carbocycles. The molecule has 1 saturated carbocycles. The zero-order valence-electron chi connectivity index (χ0n) is 6.89. The van der Waals surface area contributed by atoms with E-state index in [4.69, 9.17) is 0 Å². The first-order chi connectivity index (χ1) is 4.72. The Bertz CT molecular complexity index is 123. The lowest BCUT2D eigenvalue weighted by molar-refractivity contribution is -0.121. The van der Waals surface area contributed by atoms with Crippen molar-refractivity contribution in [3.8, 4) is 0 Å². The maximum atomic E-state index is 10.9. The Morgan fingerprint density at radius 3 is 2.30 bits per heavy atom. The van der Waals surface area contributed by atoms with Gasteiger partial charge < -0.3 is 0 Å². The highest BCUT2D eigenvalue weighted by Crippen LogP contribution is 2.31. The van der Waals surface area contributed by atoms with E-state index in [1.807, 2.05) is 0 Å². The molecule has 1 nitrogen and oxygen atoms in total. The second kappa shape index (κ2) is 3.18. The summed E-state index contributed by atoms with van der Waals surface area (Å²) in [5, 5.41) is 0. The Balaban J connectivity index is 2.39. The van der Waals surface area contributed by atoms with Crippen LogP contribution in [0.25, 0.3) is 0 Å². The molecule has 1 rings (SSSR count). The zero-order chi connectivity index (χ0) is 7.56. The van der Waals surface area contributed by atoms with Crippen LogP contribution in [0.2, 0.25) is 0 Å². The van der Waals surface area contributed by atoms with Crippen LogP contribution in [0.1, 0.15) is 39.5 Å². The van der Waals surface area contributed by atoms with Crippen molar-refractivity contribution >= 4 is 5.78 Å². The summed E-state index contributed by atoms with van der Waals surface area (Å²) in [5.74, 6) is 1.40. The largest absolute Gasteiger partial charge is 0.300 e. The van der Waals surface area contributed by atoms with Crippen molar-refractivity contribution in [2.24, 2.45) is 11.8 Å². The molecular formula is C9H16O. The predicted octanol–water partition coefficient (Wildman–Crippen LogP) is 2.40. The van der Waals surface area contributed by atoms with Crippen LogP contribution in [0.3, 0.4) is 0 Å². The average Bonchev–Trinajstić information content (AvgIpc) is 2.36. The molecule has 0 aliphatic heterocycles. The molecule has 58 valence electrons. The SMILES string of the molecule is CC(=O)[C@@H](C)C1CCCC1. The van der Waals surface area contributed by atoms with Gasteiger partial charge in [-0.2, -0.15) is 0 Å². The van der Waals surface area contributed by atoms with E-state index in [-0.39, 0.29) is 0 Å². The first kappa shape index (κ1) is 7.77. The number of Topliss-reactive ketones (excluding diaryl/α,β-unsaturated/α-hetero) is 1. The van der Waals surface area contributed by atoms with E-state index in [9.17, 15) is 4.79 Å². The highest BCUT2D eigenvalue weighted by Gasteiger charge is 2.23. The smallest absolute Gasteiger partial charge is 0.132 e. The second-order valence-corrected chi connectivity index (χ2v) is 3.44. The van der Waals surface area contributed by atoms with E-state index in [0.717, 1.165) is 0 Å². The van der Waals surface area contributed by atoms with Gasteiger partial charge in [-0.1, -0.05) is 19.8 Å². The summed E-state index contributed by atoms with van der Waals surface area (Å²) in [6.07, 6.45) is 5.23. The van der Waals surface area contributed by atoms with Crippen molar-refractivity contribution in [1.29, 1.82) is 0 Å². The Morgan fingerprint density at radius 2 is 1.90 bits per heavy atom. The fourth-order valence-electron chi connectivity index (χ4n) is 1.79. The summed E-state index contributed by atoms with van der Waals surface area (Å²) in [5.41, 5.74) is 0. The Labute approximate surface area is 62.8 Å². The van der Waals surface area contributed by atoms with Gasteiger partial charge in [0.2, 0.25) is 0 Å². The molecule has 0 bridgehead atoms. The van der Waals surface area contributed by atoms with Crippen LogP contribution in [0.5, 0.6) is 0 Å². The van der Waals surface area contributed by atoms with Gasteiger partial charge in [0.15, 0.2) is 0 Å². The minimum Gasteiger partial charge on any atom is -0.300 e. The van der Waals surface area contributed by atoms with Gasteiger partial charge in [0.05, 0.1) is 0 Å². The van der Waals surface area contributed by atoms with E-state index in [2.05, 4.69) is 6.92 Å². The third-order valence-corrected chi connectivity index (χ3v) is 2.75. The Kier molecular flexibility index (Phi) is 2.47. The van der Waals surface area contributed by atoms with E-state index in [1.165, 1.54) is 25.7 Å². The summed E-state index contributed by atoms with van der Waals surface area (Å²) >= 11 is 0. The van der Waals surface area contributed by atoms with Crippen molar-refractivity contribution in [2.45, 2.75) is 39.5 Å². The molecule has 10 heavy (non-hydrogen) atoms. The van der Waals surface area contributed by atoms with E-state index in [0.29, 0.717) is 17.6 Å². The molecule has 0 N–H and O–H groups in total. The monoisotopic (exact) mass is 140 g/mol. The maximum absolute atomic E-state index is 10.9. The topological polar surface area (TPSA) is 17.1 Å². The first-order valence-corrected chi connectivity index (χ1v) is 4.22. The standard InChI is InChI=1S/C9H16O/c1-7(8(2)10)9-5-3-4-6-9/h7,9H,3-6H2,1-2H3/t7-/m1/s1. The van der Waals surface area contributed by atoms with Crippen molar-refractivity contribution in [3.05, 3.63) is 0 Å². The number of carbonyl (C=O) groups excluding carboxylic acids is 1. The Morgan fingerprint density at radius 1 is 1.40 bits per heavy atom. The van der Waals surface area contributed by atoms with Gasteiger partial charge in [-0.15, -0.1) is 0 Å². The molecule has 1 heteroatoms. The van der Waals surface area contributed by atoms with Gasteiger partial charge in [-0.05, 0) is 25.7 Å². The number of carbonyl (C=O) groups is 1. The average molecular weight is 140 g/mol. The maximum Gasteiger partial charge on any atom is 0.132 e. The lowest BCUT2D eigenvalue weighted by Crippen LogP contribution is -2.15. The molecule has 0 saturated heterocycles. The summed E-state index contributed by atoms with van der Waals surface area (Å²) < 4.78 is 0. The molecule has 0 amide bonds. The number of ketones is 1. The van der Waals surface area contributed by atoms with Gasteiger partial charge in [0, 0.05) is 5.92 Å². The molecule has 0 unspecified atom stereocenters. The third-order valence-electron chi connectivity index (χ3n) is 2.75. The molecule has 0 heterocycles. The molecule has 1 atom stereocenters. The van der Waals surface area contributed by atoms with Gasteiger partial charge >= 0.3 is 0 Å². The number of hydrogen-bond donors (Lipinski definition) is 0. The molecule has 1 fully saturated rings. The molecule has 0 spiro atoms. The third kappa shape index (κ3) is 1.59. The van der Waals surface area contributed by atoms with Crippen molar-refractivity contribution in [3.63, 3.8) is 0 Å². The van der Waals surface area contributed by atoms with Gasteiger partial charge in [-0.25, -0.2) is 0 Å². The minimum absolute atomic E-state index is 0.322. The molecule has 0 aromatic heterocycles. The minimum atomic E-state index is 0.322. The van der Waals surface area contributed by atoms with Crippen LogP contribution in [0, 0.1) is 11.8 Å². The van der Waals surface area contributed by atoms with Crippen molar-refractivity contribution in [2.75, 3.05) is 0 Å². The number of hydrogen-bond acceptors (Lipinski definition) is 1. The van der Waals surface area contributed by atoms with Crippen molar-refractivity contribution in [1.82, 2.24) is 0 Å². The van der Waals surface area contributed by atoms with E-state index in [1.54, 1.807) is 6.92 Å². The molecular weight excluding hydrogens is 124 g/mol.